The molecule has 118 valence electrons. The standard InChI is InChI=1S/C19H19NO3/c1-20(18(21)13-10-15-6-4-3-5-7-15)14-16-8-11-17(12-9-16)19(22)23-2/h3-13H,14H2,1-2H3/b13-10+. The minimum atomic E-state index is -0.369. The smallest absolute Gasteiger partial charge is 0.337 e. The second-order valence-electron chi connectivity index (χ2n) is 5.13. The highest BCUT2D eigenvalue weighted by molar-refractivity contribution is 5.91. The molecule has 0 unspecified atom stereocenters. The van der Waals surface area contributed by atoms with Gasteiger partial charge in [0.25, 0.3) is 0 Å². The molecule has 0 aromatic heterocycles. The number of benzene rings is 2. The Balaban J connectivity index is 1.95. The summed E-state index contributed by atoms with van der Waals surface area (Å²) in [5.74, 6) is -0.447. The van der Waals surface area contributed by atoms with Crippen LogP contribution in [0.2, 0.25) is 0 Å². The van der Waals surface area contributed by atoms with E-state index in [1.807, 2.05) is 42.5 Å². The molecule has 0 spiro atoms. The number of carbonyl (C=O) groups excluding carboxylic acids is 2. The lowest BCUT2D eigenvalue weighted by atomic mass is 10.1. The lowest BCUT2D eigenvalue weighted by molar-refractivity contribution is -0.125. The van der Waals surface area contributed by atoms with Crippen LogP contribution in [0.25, 0.3) is 6.08 Å². The zero-order valence-corrected chi connectivity index (χ0v) is 13.2. The van der Waals surface area contributed by atoms with Gasteiger partial charge in [-0.3, -0.25) is 4.79 Å². The Hall–Kier alpha value is -2.88. The van der Waals surface area contributed by atoms with Gasteiger partial charge in [-0.15, -0.1) is 0 Å². The van der Waals surface area contributed by atoms with Crippen molar-refractivity contribution in [2.45, 2.75) is 6.54 Å². The van der Waals surface area contributed by atoms with E-state index in [0.717, 1.165) is 11.1 Å². The SMILES string of the molecule is COC(=O)c1ccc(CN(C)C(=O)/C=C/c2ccccc2)cc1. The molecule has 0 atom stereocenters. The molecule has 2 aromatic rings. The van der Waals surface area contributed by atoms with E-state index in [9.17, 15) is 9.59 Å². The summed E-state index contributed by atoms with van der Waals surface area (Å²) in [5, 5.41) is 0. The molecule has 4 heteroatoms. The lowest BCUT2D eigenvalue weighted by Crippen LogP contribution is -2.24. The van der Waals surface area contributed by atoms with Gasteiger partial charge in [0.1, 0.15) is 0 Å². The van der Waals surface area contributed by atoms with Crippen molar-refractivity contribution in [1.29, 1.82) is 0 Å². The molecule has 0 bridgehead atoms. The number of methoxy groups -OCH3 is 1. The average Bonchev–Trinajstić information content (AvgIpc) is 2.60. The molecule has 0 heterocycles. The van der Waals surface area contributed by atoms with Crippen LogP contribution in [-0.4, -0.2) is 30.9 Å². The highest BCUT2D eigenvalue weighted by Gasteiger charge is 2.08. The molecule has 0 aliphatic heterocycles. The molecule has 23 heavy (non-hydrogen) atoms. The van der Waals surface area contributed by atoms with Gasteiger partial charge in [0.15, 0.2) is 0 Å². The third-order valence-electron chi connectivity index (χ3n) is 3.39. The highest BCUT2D eigenvalue weighted by Crippen LogP contribution is 2.09. The first-order valence-corrected chi connectivity index (χ1v) is 7.25. The van der Waals surface area contributed by atoms with Crippen LogP contribution in [0.5, 0.6) is 0 Å². The number of amides is 1. The van der Waals surface area contributed by atoms with Crippen molar-refractivity contribution in [2.75, 3.05) is 14.2 Å². The van der Waals surface area contributed by atoms with E-state index in [2.05, 4.69) is 4.74 Å². The normalized spacial score (nSPS) is 10.5. The number of carbonyl (C=O) groups is 2. The molecular formula is C19H19NO3. The van der Waals surface area contributed by atoms with Gasteiger partial charge in [0.05, 0.1) is 12.7 Å². The Labute approximate surface area is 136 Å². The lowest BCUT2D eigenvalue weighted by Gasteiger charge is -2.15. The number of hydrogen-bond donors (Lipinski definition) is 0. The van der Waals surface area contributed by atoms with Gasteiger partial charge in [-0.1, -0.05) is 42.5 Å². The van der Waals surface area contributed by atoms with Crippen LogP contribution in [0.1, 0.15) is 21.5 Å². The summed E-state index contributed by atoms with van der Waals surface area (Å²) in [4.78, 5) is 25.1. The first-order valence-electron chi connectivity index (χ1n) is 7.25. The highest BCUT2D eigenvalue weighted by atomic mass is 16.5. The Morgan fingerprint density at radius 3 is 2.30 bits per heavy atom. The molecule has 2 aromatic carbocycles. The monoisotopic (exact) mass is 309 g/mol. The third-order valence-corrected chi connectivity index (χ3v) is 3.39. The van der Waals surface area contributed by atoms with E-state index in [1.54, 1.807) is 36.2 Å². The van der Waals surface area contributed by atoms with E-state index in [4.69, 9.17) is 0 Å². The summed E-state index contributed by atoms with van der Waals surface area (Å²) in [6.45, 7) is 0.472. The zero-order valence-electron chi connectivity index (χ0n) is 13.2. The Bertz CT molecular complexity index is 690. The quantitative estimate of drug-likeness (QED) is 0.629. The fraction of sp³-hybridized carbons (Fsp3) is 0.158. The molecule has 4 nitrogen and oxygen atoms in total. The van der Waals surface area contributed by atoms with Crippen LogP contribution < -0.4 is 0 Å². The minimum absolute atomic E-state index is 0.0779. The number of esters is 1. The minimum Gasteiger partial charge on any atom is -0.465 e. The zero-order chi connectivity index (χ0) is 16.7. The number of hydrogen-bond acceptors (Lipinski definition) is 3. The molecule has 2 rings (SSSR count). The van der Waals surface area contributed by atoms with Crippen molar-refractivity contribution >= 4 is 18.0 Å². The maximum Gasteiger partial charge on any atom is 0.337 e. The molecule has 0 saturated carbocycles. The summed E-state index contributed by atoms with van der Waals surface area (Å²) < 4.78 is 4.66. The summed E-state index contributed by atoms with van der Waals surface area (Å²) in [7, 11) is 3.09. The van der Waals surface area contributed by atoms with Crippen LogP contribution in [0.3, 0.4) is 0 Å². The van der Waals surface area contributed by atoms with E-state index in [1.165, 1.54) is 7.11 Å². The predicted molar refractivity (Wildman–Crippen MR) is 89.7 cm³/mol. The Morgan fingerprint density at radius 2 is 1.70 bits per heavy atom. The fourth-order valence-electron chi connectivity index (χ4n) is 2.07. The fourth-order valence-corrected chi connectivity index (χ4v) is 2.07. The second-order valence-corrected chi connectivity index (χ2v) is 5.13. The molecule has 0 saturated heterocycles. The van der Waals surface area contributed by atoms with Crippen LogP contribution in [0.15, 0.2) is 60.7 Å². The van der Waals surface area contributed by atoms with Crippen molar-refractivity contribution in [2.24, 2.45) is 0 Å². The van der Waals surface area contributed by atoms with E-state index >= 15 is 0 Å². The molecule has 0 aliphatic rings. The number of likely N-dealkylation sites (N-methyl/N-ethyl adjacent to an activating group) is 1. The predicted octanol–water partition coefficient (Wildman–Crippen LogP) is 3.15. The molecule has 1 amide bonds. The van der Waals surface area contributed by atoms with Crippen LogP contribution in [-0.2, 0) is 16.1 Å². The van der Waals surface area contributed by atoms with Gasteiger partial charge in [0.2, 0.25) is 5.91 Å². The van der Waals surface area contributed by atoms with Crippen molar-refractivity contribution < 1.29 is 14.3 Å². The van der Waals surface area contributed by atoms with E-state index in [-0.39, 0.29) is 11.9 Å². The number of rotatable bonds is 5. The topological polar surface area (TPSA) is 46.6 Å². The average molecular weight is 309 g/mol. The summed E-state index contributed by atoms with van der Waals surface area (Å²) in [5.41, 5.74) is 2.42. The van der Waals surface area contributed by atoms with Gasteiger partial charge >= 0.3 is 5.97 Å². The Morgan fingerprint density at radius 1 is 1.04 bits per heavy atom. The molecular weight excluding hydrogens is 290 g/mol. The first-order chi connectivity index (χ1) is 11.1. The summed E-state index contributed by atoms with van der Waals surface area (Å²) in [6.07, 6.45) is 3.34. The van der Waals surface area contributed by atoms with Gasteiger partial charge in [-0.25, -0.2) is 4.79 Å². The molecule has 0 radical (unpaired) electrons. The number of nitrogens with zero attached hydrogens (tertiary/aromatic N) is 1. The second kappa shape index (κ2) is 7.94. The van der Waals surface area contributed by atoms with Gasteiger partial charge in [0, 0.05) is 19.7 Å². The van der Waals surface area contributed by atoms with Gasteiger partial charge in [-0.05, 0) is 29.3 Å². The Kier molecular flexibility index (Phi) is 5.69. The van der Waals surface area contributed by atoms with Crippen molar-refractivity contribution in [3.8, 4) is 0 Å². The molecule has 0 aliphatic carbocycles. The summed E-state index contributed by atoms with van der Waals surface area (Å²) >= 11 is 0. The maximum atomic E-state index is 12.1. The maximum absolute atomic E-state index is 12.1. The number of ether oxygens (including phenoxy) is 1. The first kappa shape index (κ1) is 16.5. The van der Waals surface area contributed by atoms with Gasteiger partial charge < -0.3 is 9.64 Å². The largest absolute Gasteiger partial charge is 0.465 e. The third kappa shape index (κ3) is 4.81. The van der Waals surface area contributed by atoms with Crippen molar-refractivity contribution in [1.82, 2.24) is 4.90 Å². The van der Waals surface area contributed by atoms with Gasteiger partial charge in [-0.2, -0.15) is 0 Å². The van der Waals surface area contributed by atoms with Crippen LogP contribution in [0.4, 0.5) is 0 Å². The van der Waals surface area contributed by atoms with E-state index < -0.39 is 0 Å². The van der Waals surface area contributed by atoms with Crippen LogP contribution in [0, 0.1) is 0 Å². The van der Waals surface area contributed by atoms with Crippen molar-refractivity contribution in [3.05, 3.63) is 77.4 Å². The van der Waals surface area contributed by atoms with Crippen LogP contribution >= 0.6 is 0 Å². The van der Waals surface area contributed by atoms with Crippen molar-refractivity contribution in [3.63, 3.8) is 0 Å². The summed E-state index contributed by atoms with van der Waals surface area (Å²) in [6, 6.07) is 16.7. The molecule has 0 N–H and O–H groups in total. The molecule has 0 fully saturated rings. The van der Waals surface area contributed by atoms with E-state index in [0.29, 0.717) is 12.1 Å².